The highest BCUT2D eigenvalue weighted by Crippen LogP contribution is 2.26. The molecule has 3 rings (SSSR count). The van der Waals surface area contributed by atoms with E-state index in [9.17, 15) is 9.59 Å². The average molecular weight is 474 g/mol. The summed E-state index contributed by atoms with van der Waals surface area (Å²) in [4.78, 5) is 32.6. The molecule has 2 aromatic carbocycles. The number of para-hydroxylation sites is 1. The zero-order valence-electron chi connectivity index (χ0n) is 18.7. The number of hydrogen-bond donors (Lipinski definition) is 0. The molecule has 0 unspecified atom stereocenters. The Morgan fingerprint density at radius 2 is 1.91 bits per heavy atom. The van der Waals surface area contributed by atoms with Gasteiger partial charge in [0, 0.05) is 30.9 Å². The van der Waals surface area contributed by atoms with Crippen LogP contribution in [0, 0.1) is 0 Å². The third-order valence-electron chi connectivity index (χ3n) is 4.96. The molecule has 1 aromatic heterocycles. The summed E-state index contributed by atoms with van der Waals surface area (Å²) in [5.74, 6) is -0.0728. The summed E-state index contributed by atoms with van der Waals surface area (Å²) in [7, 11) is 1.75. The van der Waals surface area contributed by atoms with E-state index in [4.69, 9.17) is 21.3 Å². The third-order valence-corrected chi connectivity index (χ3v) is 6.28. The molecular formula is C24H28ClN3O3S. The van der Waals surface area contributed by atoms with E-state index in [0.29, 0.717) is 40.7 Å². The molecule has 0 aliphatic rings. The molecule has 6 nitrogen and oxygen atoms in total. The number of benzene rings is 2. The number of nitrogens with zero attached hydrogens (tertiary/aromatic N) is 3. The van der Waals surface area contributed by atoms with Crippen LogP contribution >= 0.6 is 23.4 Å². The van der Waals surface area contributed by atoms with E-state index in [-0.39, 0.29) is 17.6 Å². The Balaban J connectivity index is 1.89. The van der Waals surface area contributed by atoms with Gasteiger partial charge < -0.3 is 9.64 Å². The first kappa shape index (κ1) is 24.3. The molecular weight excluding hydrogens is 446 g/mol. The molecule has 0 aliphatic heterocycles. The fraction of sp³-hybridized carbons (Fsp3) is 0.375. The summed E-state index contributed by atoms with van der Waals surface area (Å²) >= 11 is 7.41. The van der Waals surface area contributed by atoms with Crippen LogP contribution in [0.2, 0.25) is 5.02 Å². The molecule has 0 saturated heterocycles. The maximum Gasteiger partial charge on any atom is 0.262 e. The van der Waals surface area contributed by atoms with Gasteiger partial charge in [-0.15, -0.1) is 0 Å². The summed E-state index contributed by atoms with van der Waals surface area (Å²) in [5, 5.41) is 1.07. The van der Waals surface area contributed by atoms with Gasteiger partial charge in [0.05, 0.1) is 22.3 Å². The number of thioether (sulfide) groups is 1. The third kappa shape index (κ3) is 5.91. The Bertz CT molecular complexity index is 1130. The molecule has 0 aliphatic carbocycles. The number of hydrogen-bond acceptors (Lipinski definition) is 5. The average Bonchev–Trinajstić information content (AvgIpc) is 2.77. The first-order valence-corrected chi connectivity index (χ1v) is 11.8. The van der Waals surface area contributed by atoms with Crippen LogP contribution in [0.3, 0.4) is 0 Å². The number of halogens is 1. The van der Waals surface area contributed by atoms with Gasteiger partial charge in [0.2, 0.25) is 5.91 Å². The molecule has 1 atom stereocenters. The van der Waals surface area contributed by atoms with Crippen molar-refractivity contribution >= 4 is 45.9 Å². The largest absolute Gasteiger partial charge is 0.379 e. The summed E-state index contributed by atoms with van der Waals surface area (Å²) in [6, 6.07) is 14.5. The predicted octanol–water partition coefficient (Wildman–Crippen LogP) is 5.01. The summed E-state index contributed by atoms with van der Waals surface area (Å²) in [6.45, 7) is 6.77. The fourth-order valence-corrected chi connectivity index (χ4v) is 4.46. The van der Waals surface area contributed by atoms with Crippen LogP contribution < -0.4 is 10.5 Å². The minimum Gasteiger partial charge on any atom is -0.379 e. The van der Waals surface area contributed by atoms with Crippen molar-refractivity contribution in [3.8, 4) is 0 Å². The molecule has 0 saturated carbocycles. The van der Waals surface area contributed by atoms with Gasteiger partial charge in [0.15, 0.2) is 5.16 Å². The van der Waals surface area contributed by atoms with Crippen molar-refractivity contribution in [2.24, 2.45) is 0 Å². The Morgan fingerprint density at radius 1 is 1.19 bits per heavy atom. The standard InChI is InChI=1S/C24H28ClN3O3S/c1-16(2)31-14-8-13-28-23(30)20-12-11-18(25)15-21(20)26-24(28)32-17(3)22(29)27(4)19-9-6-5-7-10-19/h5-7,9-12,15-17H,8,13-14H2,1-4H3/t17-/m0/s1. The van der Waals surface area contributed by atoms with Gasteiger partial charge in [-0.05, 0) is 57.5 Å². The Morgan fingerprint density at radius 3 is 2.59 bits per heavy atom. The van der Waals surface area contributed by atoms with Gasteiger partial charge in [-0.1, -0.05) is 41.6 Å². The van der Waals surface area contributed by atoms with E-state index < -0.39 is 5.25 Å². The number of fused-ring (bicyclic) bond motifs is 1. The lowest BCUT2D eigenvalue weighted by Crippen LogP contribution is -2.34. The maximum atomic E-state index is 13.2. The Labute approximate surface area is 197 Å². The van der Waals surface area contributed by atoms with E-state index >= 15 is 0 Å². The Kier molecular flexibility index (Phi) is 8.34. The minimum absolute atomic E-state index is 0.0728. The first-order valence-electron chi connectivity index (χ1n) is 10.6. The molecule has 3 aromatic rings. The second-order valence-corrected chi connectivity index (χ2v) is 9.52. The number of anilines is 1. The van der Waals surface area contributed by atoms with Crippen LogP contribution in [0.4, 0.5) is 5.69 Å². The molecule has 170 valence electrons. The number of rotatable bonds is 9. The number of amides is 1. The number of carbonyl (C=O) groups is 1. The quantitative estimate of drug-likeness (QED) is 0.248. The van der Waals surface area contributed by atoms with Crippen LogP contribution in [0.5, 0.6) is 0 Å². The second-order valence-electron chi connectivity index (χ2n) is 7.78. The molecule has 1 heterocycles. The topological polar surface area (TPSA) is 64.4 Å². The van der Waals surface area contributed by atoms with E-state index in [1.807, 2.05) is 51.1 Å². The van der Waals surface area contributed by atoms with Crippen molar-refractivity contribution in [3.05, 3.63) is 63.9 Å². The zero-order chi connectivity index (χ0) is 23.3. The SMILES string of the molecule is CC(C)OCCCn1c(S[C@@H](C)C(=O)N(C)c2ccccc2)nc2cc(Cl)ccc2c1=O. The molecule has 0 N–H and O–H groups in total. The lowest BCUT2D eigenvalue weighted by molar-refractivity contribution is -0.117. The van der Waals surface area contributed by atoms with Gasteiger partial charge >= 0.3 is 0 Å². The molecule has 1 amide bonds. The van der Waals surface area contributed by atoms with Crippen LogP contribution in [0.15, 0.2) is 58.5 Å². The smallest absolute Gasteiger partial charge is 0.262 e. The predicted molar refractivity (Wildman–Crippen MR) is 132 cm³/mol. The maximum absolute atomic E-state index is 13.2. The number of aromatic nitrogens is 2. The van der Waals surface area contributed by atoms with Crippen molar-refractivity contribution in [1.29, 1.82) is 0 Å². The van der Waals surface area contributed by atoms with Gasteiger partial charge in [0.1, 0.15) is 0 Å². The zero-order valence-corrected chi connectivity index (χ0v) is 20.3. The molecule has 0 spiro atoms. The highest BCUT2D eigenvalue weighted by atomic mass is 35.5. The van der Waals surface area contributed by atoms with E-state index in [1.54, 1.807) is 34.7 Å². The molecule has 32 heavy (non-hydrogen) atoms. The van der Waals surface area contributed by atoms with Gasteiger partial charge in [0.25, 0.3) is 5.56 Å². The lowest BCUT2D eigenvalue weighted by atomic mass is 10.2. The summed E-state index contributed by atoms with van der Waals surface area (Å²) < 4.78 is 7.26. The van der Waals surface area contributed by atoms with Gasteiger partial charge in [-0.25, -0.2) is 4.98 Å². The van der Waals surface area contributed by atoms with E-state index in [1.165, 1.54) is 11.8 Å². The molecule has 0 bridgehead atoms. The van der Waals surface area contributed by atoms with E-state index in [2.05, 4.69) is 0 Å². The molecule has 8 heteroatoms. The van der Waals surface area contributed by atoms with Crippen LogP contribution in [-0.4, -0.2) is 40.5 Å². The summed E-state index contributed by atoms with van der Waals surface area (Å²) in [6.07, 6.45) is 0.794. The number of carbonyl (C=O) groups excluding carboxylic acids is 1. The minimum atomic E-state index is -0.443. The number of ether oxygens (including phenoxy) is 1. The first-order chi connectivity index (χ1) is 15.3. The van der Waals surface area contributed by atoms with E-state index in [0.717, 1.165) is 5.69 Å². The lowest BCUT2D eigenvalue weighted by Gasteiger charge is -2.22. The van der Waals surface area contributed by atoms with Crippen LogP contribution in [0.1, 0.15) is 27.2 Å². The Hall–Kier alpha value is -2.35. The summed E-state index contributed by atoms with van der Waals surface area (Å²) in [5.41, 5.74) is 1.19. The normalized spacial score (nSPS) is 12.3. The van der Waals surface area contributed by atoms with Crippen molar-refractivity contribution in [2.75, 3.05) is 18.6 Å². The van der Waals surface area contributed by atoms with Crippen molar-refractivity contribution < 1.29 is 9.53 Å². The van der Waals surface area contributed by atoms with Crippen LogP contribution in [-0.2, 0) is 16.1 Å². The monoisotopic (exact) mass is 473 g/mol. The van der Waals surface area contributed by atoms with Gasteiger partial charge in [-0.3, -0.25) is 14.2 Å². The highest BCUT2D eigenvalue weighted by molar-refractivity contribution is 8.00. The van der Waals surface area contributed by atoms with Crippen molar-refractivity contribution in [3.63, 3.8) is 0 Å². The molecule has 0 radical (unpaired) electrons. The highest BCUT2D eigenvalue weighted by Gasteiger charge is 2.23. The van der Waals surface area contributed by atoms with Crippen LogP contribution in [0.25, 0.3) is 10.9 Å². The fourth-order valence-electron chi connectivity index (χ4n) is 3.26. The van der Waals surface area contributed by atoms with Crippen molar-refractivity contribution in [1.82, 2.24) is 9.55 Å². The van der Waals surface area contributed by atoms with Crippen molar-refractivity contribution in [2.45, 2.75) is 50.2 Å². The second kappa shape index (κ2) is 11.0. The molecule has 0 fully saturated rings. The van der Waals surface area contributed by atoms with Gasteiger partial charge in [-0.2, -0.15) is 0 Å².